The van der Waals surface area contributed by atoms with Crippen LogP contribution in [0.5, 0.6) is 0 Å². The molecule has 156 valence electrons. The number of nitrogens with zero attached hydrogens (tertiary/aromatic N) is 1. The summed E-state index contributed by atoms with van der Waals surface area (Å²) >= 11 is 5.85. The van der Waals surface area contributed by atoms with E-state index in [0.29, 0.717) is 18.9 Å². The Morgan fingerprint density at radius 3 is 2.34 bits per heavy atom. The van der Waals surface area contributed by atoms with Gasteiger partial charge in [0.05, 0.1) is 16.3 Å². The summed E-state index contributed by atoms with van der Waals surface area (Å²) in [6.07, 6.45) is -3.35. The lowest BCUT2D eigenvalue weighted by Crippen LogP contribution is -2.29. The molecular formula is C18H15ClF4N2O3S. The smallest absolute Gasteiger partial charge is 0.321 e. The fraction of sp³-hybridized carbons (Fsp3) is 0.278. The van der Waals surface area contributed by atoms with Gasteiger partial charge in [-0.25, -0.2) is 12.8 Å². The number of anilines is 1. The fourth-order valence-corrected chi connectivity index (χ4v) is 4.67. The molecule has 5 nitrogen and oxygen atoms in total. The number of carbonyl (C=O) groups is 1. The lowest BCUT2D eigenvalue weighted by molar-refractivity contribution is -0.137. The average Bonchev–Trinajstić information content (AvgIpc) is 3.18. The van der Waals surface area contributed by atoms with Crippen LogP contribution in [0.15, 0.2) is 41.3 Å². The highest BCUT2D eigenvalue weighted by atomic mass is 35.5. The van der Waals surface area contributed by atoms with Gasteiger partial charge in [-0.2, -0.15) is 17.5 Å². The lowest BCUT2D eigenvalue weighted by Gasteiger charge is -2.17. The van der Waals surface area contributed by atoms with Crippen molar-refractivity contribution < 1.29 is 30.8 Å². The molecule has 0 aliphatic carbocycles. The van der Waals surface area contributed by atoms with Gasteiger partial charge in [-0.15, -0.1) is 0 Å². The Balaban J connectivity index is 1.91. The average molecular weight is 451 g/mol. The number of nitrogens with one attached hydrogen (secondary N) is 1. The second kappa shape index (κ2) is 7.92. The molecule has 0 saturated carbocycles. The van der Waals surface area contributed by atoms with Crippen LogP contribution in [0.4, 0.5) is 23.2 Å². The van der Waals surface area contributed by atoms with Crippen molar-refractivity contribution in [2.24, 2.45) is 0 Å². The van der Waals surface area contributed by atoms with Crippen LogP contribution in [-0.2, 0) is 16.2 Å². The van der Waals surface area contributed by atoms with Crippen LogP contribution in [0.3, 0.4) is 0 Å². The molecule has 0 atom stereocenters. The Kier molecular flexibility index (Phi) is 5.88. The summed E-state index contributed by atoms with van der Waals surface area (Å²) in [5, 5.41) is 2.06. The largest absolute Gasteiger partial charge is 0.416 e. The van der Waals surface area contributed by atoms with Crippen molar-refractivity contribution in [3.63, 3.8) is 0 Å². The zero-order valence-electron chi connectivity index (χ0n) is 14.8. The van der Waals surface area contributed by atoms with E-state index < -0.39 is 38.4 Å². The first-order valence-corrected chi connectivity index (χ1v) is 10.3. The van der Waals surface area contributed by atoms with Gasteiger partial charge in [-0.05, 0) is 49.2 Å². The van der Waals surface area contributed by atoms with E-state index in [1.165, 1.54) is 0 Å². The Bertz CT molecular complexity index is 1050. The monoisotopic (exact) mass is 450 g/mol. The van der Waals surface area contributed by atoms with Gasteiger partial charge in [0.15, 0.2) is 0 Å². The van der Waals surface area contributed by atoms with Crippen molar-refractivity contribution in [3.05, 3.63) is 58.4 Å². The third kappa shape index (κ3) is 4.54. The number of amides is 1. The number of sulfonamides is 1. The van der Waals surface area contributed by atoms with Gasteiger partial charge in [-0.3, -0.25) is 4.79 Å². The first kappa shape index (κ1) is 21.5. The van der Waals surface area contributed by atoms with E-state index in [9.17, 15) is 30.8 Å². The van der Waals surface area contributed by atoms with Gasteiger partial charge in [0.25, 0.3) is 5.91 Å². The van der Waals surface area contributed by atoms with Crippen LogP contribution < -0.4 is 5.32 Å². The van der Waals surface area contributed by atoms with E-state index in [2.05, 4.69) is 5.32 Å². The van der Waals surface area contributed by atoms with Gasteiger partial charge >= 0.3 is 6.18 Å². The van der Waals surface area contributed by atoms with Crippen LogP contribution >= 0.6 is 11.6 Å². The Morgan fingerprint density at radius 2 is 1.72 bits per heavy atom. The third-order valence-electron chi connectivity index (χ3n) is 4.42. The van der Waals surface area contributed by atoms with Crippen molar-refractivity contribution in [1.29, 1.82) is 0 Å². The molecule has 29 heavy (non-hydrogen) atoms. The van der Waals surface area contributed by atoms with Crippen LogP contribution in [0.25, 0.3) is 0 Å². The van der Waals surface area contributed by atoms with E-state index in [1.807, 2.05) is 0 Å². The maximum atomic E-state index is 14.2. The van der Waals surface area contributed by atoms with E-state index in [-0.39, 0.29) is 29.4 Å². The highest BCUT2D eigenvalue weighted by Crippen LogP contribution is 2.34. The summed E-state index contributed by atoms with van der Waals surface area (Å²) < 4.78 is 79.1. The molecular weight excluding hydrogens is 436 g/mol. The molecule has 1 N–H and O–H groups in total. The quantitative estimate of drug-likeness (QED) is 0.696. The van der Waals surface area contributed by atoms with Crippen LogP contribution in [0.1, 0.15) is 28.8 Å². The Labute approximate surface area is 169 Å². The van der Waals surface area contributed by atoms with E-state index in [1.54, 1.807) is 0 Å². The predicted octanol–water partition coefficient (Wildman–Crippen LogP) is 4.53. The predicted molar refractivity (Wildman–Crippen MR) is 98.8 cm³/mol. The fourth-order valence-electron chi connectivity index (χ4n) is 2.90. The number of hydrogen-bond donors (Lipinski definition) is 1. The first-order valence-electron chi connectivity index (χ1n) is 8.48. The van der Waals surface area contributed by atoms with Crippen molar-refractivity contribution in [2.45, 2.75) is 23.9 Å². The van der Waals surface area contributed by atoms with E-state index >= 15 is 0 Å². The molecule has 1 saturated heterocycles. The molecule has 1 heterocycles. The van der Waals surface area contributed by atoms with Gasteiger partial charge in [0.2, 0.25) is 10.0 Å². The normalized spacial score (nSPS) is 15.5. The molecule has 1 aliphatic heterocycles. The molecule has 0 aromatic heterocycles. The second-order valence-electron chi connectivity index (χ2n) is 6.40. The number of benzene rings is 2. The molecule has 0 unspecified atom stereocenters. The Hall–Kier alpha value is -2.17. The van der Waals surface area contributed by atoms with Crippen LogP contribution in [0, 0.1) is 5.82 Å². The number of alkyl halides is 3. The lowest BCUT2D eigenvalue weighted by atomic mass is 10.1. The number of halogens is 5. The van der Waals surface area contributed by atoms with Gasteiger partial charge in [0.1, 0.15) is 10.7 Å². The summed E-state index contributed by atoms with van der Waals surface area (Å²) in [6, 6.07) is 5.12. The molecule has 2 aromatic rings. The van der Waals surface area contributed by atoms with Crippen LogP contribution in [-0.4, -0.2) is 31.7 Å². The molecule has 11 heteroatoms. The molecule has 0 spiro atoms. The maximum Gasteiger partial charge on any atom is 0.416 e. The van der Waals surface area contributed by atoms with Gasteiger partial charge in [0, 0.05) is 18.7 Å². The minimum Gasteiger partial charge on any atom is -0.321 e. The molecule has 3 rings (SSSR count). The summed E-state index contributed by atoms with van der Waals surface area (Å²) in [5.74, 6) is -1.95. The topological polar surface area (TPSA) is 66.5 Å². The van der Waals surface area contributed by atoms with E-state index in [0.717, 1.165) is 34.6 Å². The standard InChI is InChI=1S/C18H15ClF4N2O3S/c19-13-5-4-12(18(21,22)23)10-15(13)24-17(26)11-3-6-14(20)16(9-11)29(27,28)25-7-1-2-8-25/h3-6,9-10H,1-2,7-8H2,(H,24,26). The molecule has 1 aliphatic rings. The number of hydrogen-bond acceptors (Lipinski definition) is 3. The molecule has 1 fully saturated rings. The zero-order valence-corrected chi connectivity index (χ0v) is 16.3. The molecule has 0 bridgehead atoms. The zero-order chi connectivity index (χ0) is 21.4. The number of rotatable bonds is 4. The van der Waals surface area contributed by atoms with E-state index in [4.69, 9.17) is 11.6 Å². The Morgan fingerprint density at radius 1 is 1.07 bits per heavy atom. The summed E-state index contributed by atoms with van der Waals surface area (Å²) in [6.45, 7) is 0.496. The summed E-state index contributed by atoms with van der Waals surface area (Å²) in [5.41, 5.74) is -1.56. The summed E-state index contributed by atoms with van der Waals surface area (Å²) in [7, 11) is -4.13. The highest BCUT2D eigenvalue weighted by Gasteiger charge is 2.32. The van der Waals surface area contributed by atoms with Crippen LogP contribution in [0.2, 0.25) is 5.02 Å². The molecule has 1 amide bonds. The minimum atomic E-state index is -4.64. The van der Waals surface area contributed by atoms with Gasteiger partial charge < -0.3 is 5.32 Å². The van der Waals surface area contributed by atoms with Crippen molar-refractivity contribution >= 4 is 33.2 Å². The highest BCUT2D eigenvalue weighted by molar-refractivity contribution is 7.89. The molecule has 0 radical (unpaired) electrons. The SMILES string of the molecule is O=C(Nc1cc(C(F)(F)F)ccc1Cl)c1ccc(F)c(S(=O)(=O)N2CCCC2)c1. The second-order valence-corrected chi connectivity index (χ2v) is 8.72. The van der Waals surface area contributed by atoms with Gasteiger partial charge in [-0.1, -0.05) is 11.6 Å². The maximum absolute atomic E-state index is 14.2. The first-order chi connectivity index (χ1) is 13.5. The van der Waals surface area contributed by atoms with Crippen molar-refractivity contribution in [3.8, 4) is 0 Å². The summed E-state index contributed by atoms with van der Waals surface area (Å²) in [4.78, 5) is 11.8. The van der Waals surface area contributed by atoms with Crippen molar-refractivity contribution in [1.82, 2.24) is 4.31 Å². The number of carbonyl (C=O) groups excluding carboxylic acids is 1. The minimum absolute atomic E-state index is 0.140. The van der Waals surface area contributed by atoms with Crippen molar-refractivity contribution in [2.75, 3.05) is 18.4 Å². The molecule has 2 aromatic carbocycles. The third-order valence-corrected chi connectivity index (χ3v) is 6.66.